The van der Waals surface area contributed by atoms with E-state index in [-0.39, 0.29) is 12.1 Å². The minimum absolute atomic E-state index is 0.131. The fourth-order valence-electron chi connectivity index (χ4n) is 2.09. The summed E-state index contributed by atoms with van der Waals surface area (Å²) in [4.78, 5) is 0. The largest absolute Gasteiger partial charge is 0.394 e. The molecule has 3 heteroatoms. The van der Waals surface area contributed by atoms with Gasteiger partial charge >= 0.3 is 0 Å². The number of nitrogens with one attached hydrogen (secondary N) is 1. The SMILES string of the molecule is CCCSCC(CO)(NC(C)C)c1ccccc1. The van der Waals surface area contributed by atoms with Crippen LogP contribution in [0.1, 0.15) is 32.8 Å². The Hall–Kier alpha value is -0.510. The molecule has 18 heavy (non-hydrogen) atoms. The summed E-state index contributed by atoms with van der Waals surface area (Å²) in [6, 6.07) is 10.6. The van der Waals surface area contributed by atoms with Gasteiger partial charge in [0.2, 0.25) is 0 Å². The average Bonchev–Trinajstić information content (AvgIpc) is 2.38. The van der Waals surface area contributed by atoms with Crippen molar-refractivity contribution < 1.29 is 5.11 Å². The second kappa shape index (κ2) is 7.82. The molecule has 0 fully saturated rings. The highest BCUT2D eigenvalue weighted by atomic mass is 32.2. The Kier molecular flexibility index (Phi) is 6.76. The molecule has 2 nitrogen and oxygen atoms in total. The molecule has 102 valence electrons. The fourth-order valence-corrected chi connectivity index (χ4v) is 3.21. The minimum Gasteiger partial charge on any atom is -0.394 e. The van der Waals surface area contributed by atoms with Crippen molar-refractivity contribution in [2.75, 3.05) is 18.1 Å². The summed E-state index contributed by atoms with van der Waals surface area (Å²) in [6.45, 7) is 6.56. The quantitative estimate of drug-likeness (QED) is 0.710. The van der Waals surface area contributed by atoms with E-state index < -0.39 is 0 Å². The number of rotatable bonds is 8. The van der Waals surface area contributed by atoms with Gasteiger partial charge in [0.25, 0.3) is 0 Å². The van der Waals surface area contributed by atoms with Crippen molar-refractivity contribution in [1.29, 1.82) is 0 Å². The highest BCUT2D eigenvalue weighted by molar-refractivity contribution is 7.99. The average molecular weight is 267 g/mol. The monoisotopic (exact) mass is 267 g/mol. The molecule has 1 aromatic rings. The summed E-state index contributed by atoms with van der Waals surface area (Å²) in [5.41, 5.74) is 0.847. The first-order chi connectivity index (χ1) is 8.64. The molecule has 0 amide bonds. The standard InChI is InChI=1S/C15H25NOS/c1-4-10-18-12-15(11-17,16-13(2)3)14-8-6-5-7-9-14/h5-9,13,16-17H,4,10-12H2,1-3H3. The van der Waals surface area contributed by atoms with Crippen molar-refractivity contribution >= 4 is 11.8 Å². The summed E-state index contributed by atoms with van der Waals surface area (Å²) >= 11 is 1.90. The number of hydrogen-bond acceptors (Lipinski definition) is 3. The van der Waals surface area contributed by atoms with E-state index >= 15 is 0 Å². The van der Waals surface area contributed by atoms with Gasteiger partial charge in [-0.3, -0.25) is 0 Å². The second-order valence-electron chi connectivity index (χ2n) is 4.96. The topological polar surface area (TPSA) is 32.3 Å². The third-order valence-corrected chi connectivity index (χ3v) is 4.25. The third-order valence-electron chi connectivity index (χ3n) is 2.86. The maximum atomic E-state index is 9.90. The van der Waals surface area contributed by atoms with Crippen molar-refractivity contribution in [2.24, 2.45) is 0 Å². The Morgan fingerprint density at radius 3 is 2.44 bits per heavy atom. The van der Waals surface area contributed by atoms with Gasteiger partial charge in [-0.05, 0) is 31.6 Å². The number of benzene rings is 1. The van der Waals surface area contributed by atoms with Crippen LogP contribution in [0.5, 0.6) is 0 Å². The molecule has 1 unspecified atom stereocenters. The zero-order valence-electron chi connectivity index (χ0n) is 11.6. The third kappa shape index (κ3) is 4.30. The zero-order valence-corrected chi connectivity index (χ0v) is 12.5. The maximum absolute atomic E-state index is 9.90. The van der Waals surface area contributed by atoms with E-state index in [1.54, 1.807) is 0 Å². The number of thioether (sulfide) groups is 1. The van der Waals surface area contributed by atoms with Crippen molar-refractivity contribution in [3.05, 3.63) is 35.9 Å². The summed E-state index contributed by atoms with van der Waals surface area (Å²) < 4.78 is 0. The lowest BCUT2D eigenvalue weighted by molar-refractivity contribution is 0.170. The number of aliphatic hydroxyl groups is 1. The Morgan fingerprint density at radius 2 is 1.94 bits per heavy atom. The predicted octanol–water partition coefficient (Wildman–Crippen LogP) is 3.02. The van der Waals surface area contributed by atoms with Crippen molar-refractivity contribution in [3.63, 3.8) is 0 Å². The molecule has 0 aliphatic heterocycles. The van der Waals surface area contributed by atoms with Crippen LogP contribution in [0.2, 0.25) is 0 Å². The summed E-state index contributed by atoms with van der Waals surface area (Å²) in [7, 11) is 0. The van der Waals surface area contributed by atoms with Gasteiger partial charge in [0, 0.05) is 11.8 Å². The Balaban J connectivity index is 2.90. The summed E-state index contributed by atoms with van der Waals surface area (Å²) in [5.74, 6) is 2.04. The van der Waals surface area contributed by atoms with Crippen molar-refractivity contribution in [3.8, 4) is 0 Å². The van der Waals surface area contributed by atoms with Crippen LogP contribution in [-0.2, 0) is 5.54 Å². The molecule has 0 saturated carbocycles. The second-order valence-corrected chi connectivity index (χ2v) is 6.06. The molecular weight excluding hydrogens is 242 g/mol. The first-order valence-electron chi connectivity index (χ1n) is 6.66. The number of hydrogen-bond donors (Lipinski definition) is 2. The molecule has 0 heterocycles. The minimum atomic E-state index is -0.324. The molecule has 0 aliphatic carbocycles. The van der Waals surface area contributed by atoms with E-state index in [4.69, 9.17) is 0 Å². The lowest BCUT2D eigenvalue weighted by Gasteiger charge is -2.35. The lowest BCUT2D eigenvalue weighted by atomic mass is 9.92. The van der Waals surface area contributed by atoms with E-state index in [1.165, 1.54) is 12.0 Å². The molecule has 0 aliphatic rings. The van der Waals surface area contributed by atoms with Crippen LogP contribution in [0.3, 0.4) is 0 Å². The van der Waals surface area contributed by atoms with Gasteiger partial charge in [-0.1, -0.05) is 37.3 Å². The Morgan fingerprint density at radius 1 is 1.28 bits per heavy atom. The van der Waals surface area contributed by atoms with Crippen LogP contribution in [0, 0.1) is 0 Å². The van der Waals surface area contributed by atoms with Crippen LogP contribution < -0.4 is 5.32 Å². The Bertz CT molecular complexity index is 329. The van der Waals surface area contributed by atoms with Gasteiger partial charge in [0.05, 0.1) is 12.1 Å². The highest BCUT2D eigenvalue weighted by Gasteiger charge is 2.31. The molecular formula is C15H25NOS. The van der Waals surface area contributed by atoms with Gasteiger partial charge < -0.3 is 10.4 Å². The van der Waals surface area contributed by atoms with E-state index in [1.807, 2.05) is 30.0 Å². The number of aliphatic hydroxyl groups excluding tert-OH is 1. The normalized spacial score (nSPS) is 14.7. The van der Waals surface area contributed by atoms with Gasteiger partial charge in [-0.15, -0.1) is 0 Å². The maximum Gasteiger partial charge on any atom is 0.0762 e. The molecule has 0 bridgehead atoms. The molecule has 1 rings (SSSR count). The smallest absolute Gasteiger partial charge is 0.0762 e. The molecule has 0 spiro atoms. The lowest BCUT2D eigenvalue weighted by Crippen LogP contribution is -2.51. The van der Waals surface area contributed by atoms with E-state index in [0.717, 1.165) is 11.5 Å². The zero-order chi connectivity index (χ0) is 13.4. The van der Waals surface area contributed by atoms with Gasteiger partial charge in [-0.2, -0.15) is 11.8 Å². The van der Waals surface area contributed by atoms with Gasteiger partial charge in [0.15, 0.2) is 0 Å². The van der Waals surface area contributed by atoms with Gasteiger partial charge in [-0.25, -0.2) is 0 Å². The molecule has 1 atom stereocenters. The van der Waals surface area contributed by atoms with Gasteiger partial charge in [0.1, 0.15) is 0 Å². The summed E-state index contributed by atoms with van der Waals surface area (Å²) in [5, 5.41) is 13.4. The molecule has 1 aromatic carbocycles. The van der Waals surface area contributed by atoms with Crippen LogP contribution in [-0.4, -0.2) is 29.3 Å². The van der Waals surface area contributed by atoms with Crippen LogP contribution in [0.25, 0.3) is 0 Å². The molecule has 0 saturated heterocycles. The van der Waals surface area contributed by atoms with Crippen LogP contribution >= 0.6 is 11.8 Å². The molecule has 2 N–H and O–H groups in total. The van der Waals surface area contributed by atoms with E-state index in [0.29, 0.717) is 6.04 Å². The highest BCUT2D eigenvalue weighted by Crippen LogP contribution is 2.26. The van der Waals surface area contributed by atoms with E-state index in [9.17, 15) is 5.11 Å². The predicted molar refractivity (Wildman–Crippen MR) is 81.1 cm³/mol. The fraction of sp³-hybridized carbons (Fsp3) is 0.600. The molecule has 0 aromatic heterocycles. The Labute approximate surface area is 115 Å². The van der Waals surface area contributed by atoms with Crippen molar-refractivity contribution in [1.82, 2.24) is 5.32 Å². The molecule has 0 radical (unpaired) electrons. The summed E-state index contributed by atoms with van der Waals surface area (Å²) in [6.07, 6.45) is 1.17. The van der Waals surface area contributed by atoms with E-state index in [2.05, 4.69) is 38.2 Å². The first kappa shape index (κ1) is 15.5. The first-order valence-corrected chi connectivity index (χ1v) is 7.82. The van der Waals surface area contributed by atoms with Crippen LogP contribution in [0.4, 0.5) is 0 Å². The van der Waals surface area contributed by atoms with Crippen molar-refractivity contribution in [2.45, 2.75) is 38.8 Å². The van der Waals surface area contributed by atoms with Crippen LogP contribution in [0.15, 0.2) is 30.3 Å².